The topological polar surface area (TPSA) is 41.6 Å². The number of anilines is 1. The standard InChI is InChI=1S/C14H20N2O2/c1-16(12-4-3-5-13(10-12)18-2)14(17)8-9-15-11-6-7-11/h3-5,10-11,15H,6-9H2,1-2H3. The van der Waals surface area contributed by atoms with Crippen LogP contribution in [0.2, 0.25) is 0 Å². The maximum Gasteiger partial charge on any atom is 0.227 e. The Hall–Kier alpha value is -1.55. The van der Waals surface area contributed by atoms with E-state index in [-0.39, 0.29) is 5.91 Å². The Morgan fingerprint density at radius 1 is 1.50 bits per heavy atom. The molecule has 18 heavy (non-hydrogen) atoms. The molecule has 0 bridgehead atoms. The second kappa shape index (κ2) is 5.87. The molecule has 0 spiro atoms. The van der Waals surface area contributed by atoms with Gasteiger partial charge in [0.2, 0.25) is 5.91 Å². The van der Waals surface area contributed by atoms with Crippen LogP contribution in [0, 0.1) is 0 Å². The first-order valence-electron chi connectivity index (χ1n) is 6.34. The predicted octanol–water partition coefficient (Wildman–Crippen LogP) is 1.80. The van der Waals surface area contributed by atoms with Crippen molar-refractivity contribution in [3.05, 3.63) is 24.3 Å². The molecule has 0 aromatic heterocycles. The number of hydrogen-bond acceptors (Lipinski definition) is 3. The minimum absolute atomic E-state index is 0.122. The lowest BCUT2D eigenvalue weighted by Crippen LogP contribution is -2.30. The Kier molecular flexibility index (Phi) is 4.20. The van der Waals surface area contributed by atoms with Crippen molar-refractivity contribution in [2.24, 2.45) is 0 Å². The summed E-state index contributed by atoms with van der Waals surface area (Å²) in [5.41, 5.74) is 0.866. The fourth-order valence-electron chi connectivity index (χ4n) is 1.80. The average Bonchev–Trinajstić information content (AvgIpc) is 3.22. The van der Waals surface area contributed by atoms with Gasteiger partial charge in [-0.1, -0.05) is 6.07 Å². The second-order valence-electron chi connectivity index (χ2n) is 4.63. The van der Waals surface area contributed by atoms with Gasteiger partial charge in [0.05, 0.1) is 7.11 Å². The molecule has 0 radical (unpaired) electrons. The van der Waals surface area contributed by atoms with E-state index in [1.807, 2.05) is 24.3 Å². The van der Waals surface area contributed by atoms with Crippen LogP contribution in [0.15, 0.2) is 24.3 Å². The molecule has 0 aliphatic heterocycles. The summed E-state index contributed by atoms with van der Waals surface area (Å²) in [5, 5.41) is 3.34. The van der Waals surface area contributed by atoms with Crippen LogP contribution < -0.4 is 15.0 Å². The van der Waals surface area contributed by atoms with E-state index >= 15 is 0 Å². The smallest absolute Gasteiger partial charge is 0.227 e. The fourth-order valence-corrected chi connectivity index (χ4v) is 1.80. The van der Waals surface area contributed by atoms with Gasteiger partial charge in [-0.15, -0.1) is 0 Å². The number of hydrogen-bond donors (Lipinski definition) is 1. The second-order valence-corrected chi connectivity index (χ2v) is 4.63. The number of nitrogens with one attached hydrogen (secondary N) is 1. The number of benzene rings is 1. The van der Waals surface area contributed by atoms with Crippen molar-refractivity contribution < 1.29 is 9.53 Å². The molecule has 1 aromatic carbocycles. The Morgan fingerprint density at radius 2 is 2.28 bits per heavy atom. The van der Waals surface area contributed by atoms with Crippen LogP contribution in [0.5, 0.6) is 5.75 Å². The molecule has 1 amide bonds. The molecule has 0 unspecified atom stereocenters. The fraction of sp³-hybridized carbons (Fsp3) is 0.500. The van der Waals surface area contributed by atoms with Crippen LogP contribution in [0.1, 0.15) is 19.3 Å². The minimum Gasteiger partial charge on any atom is -0.497 e. The lowest BCUT2D eigenvalue weighted by atomic mass is 10.2. The average molecular weight is 248 g/mol. The number of nitrogens with zero attached hydrogens (tertiary/aromatic N) is 1. The highest BCUT2D eigenvalue weighted by Gasteiger charge is 2.20. The van der Waals surface area contributed by atoms with E-state index < -0.39 is 0 Å². The van der Waals surface area contributed by atoms with E-state index in [0.717, 1.165) is 18.0 Å². The van der Waals surface area contributed by atoms with E-state index in [4.69, 9.17) is 4.74 Å². The zero-order chi connectivity index (χ0) is 13.0. The molecule has 1 N–H and O–H groups in total. The van der Waals surface area contributed by atoms with Crippen molar-refractivity contribution in [3.63, 3.8) is 0 Å². The molecule has 0 saturated heterocycles. The number of amides is 1. The predicted molar refractivity (Wildman–Crippen MR) is 72.0 cm³/mol. The zero-order valence-electron chi connectivity index (χ0n) is 11.0. The molecular formula is C14H20N2O2. The molecule has 0 heterocycles. The first kappa shape index (κ1) is 12.9. The van der Waals surface area contributed by atoms with Crippen molar-refractivity contribution in [2.45, 2.75) is 25.3 Å². The quantitative estimate of drug-likeness (QED) is 0.834. The van der Waals surface area contributed by atoms with Gasteiger partial charge in [-0.3, -0.25) is 4.79 Å². The molecule has 4 heteroatoms. The number of methoxy groups -OCH3 is 1. The lowest BCUT2D eigenvalue weighted by molar-refractivity contribution is -0.118. The SMILES string of the molecule is COc1cccc(N(C)C(=O)CCNC2CC2)c1. The molecule has 1 aromatic rings. The van der Waals surface area contributed by atoms with Crippen LogP contribution >= 0.6 is 0 Å². The summed E-state index contributed by atoms with van der Waals surface area (Å²) in [4.78, 5) is 13.7. The van der Waals surface area contributed by atoms with Crippen molar-refractivity contribution in [3.8, 4) is 5.75 Å². The summed E-state index contributed by atoms with van der Waals surface area (Å²) in [5.74, 6) is 0.889. The number of rotatable bonds is 6. The summed E-state index contributed by atoms with van der Waals surface area (Å²) in [6.07, 6.45) is 3.03. The highest BCUT2D eigenvalue weighted by molar-refractivity contribution is 5.93. The number of ether oxygens (including phenoxy) is 1. The Labute approximate surface area is 108 Å². The Bertz CT molecular complexity index is 416. The Balaban J connectivity index is 1.87. The minimum atomic E-state index is 0.122. The molecule has 2 rings (SSSR count). The van der Waals surface area contributed by atoms with Gasteiger partial charge in [0.15, 0.2) is 0 Å². The molecule has 1 aliphatic rings. The lowest BCUT2D eigenvalue weighted by Gasteiger charge is -2.18. The van der Waals surface area contributed by atoms with Crippen LogP contribution in [0.4, 0.5) is 5.69 Å². The van der Waals surface area contributed by atoms with E-state index in [0.29, 0.717) is 12.5 Å². The molecule has 1 aliphatic carbocycles. The monoisotopic (exact) mass is 248 g/mol. The highest BCUT2D eigenvalue weighted by Crippen LogP contribution is 2.21. The van der Waals surface area contributed by atoms with Gasteiger partial charge in [-0.05, 0) is 25.0 Å². The van der Waals surface area contributed by atoms with Crippen LogP contribution in [0.3, 0.4) is 0 Å². The normalized spacial score (nSPS) is 14.3. The molecule has 4 nitrogen and oxygen atoms in total. The maximum atomic E-state index is 12.0. The summed E-state index contributed by atoms with van der Waals surface area (Å²) in [6, 6.07) is 8.19. The van der Waals surface area contributed by atoms with Crippen molar-refractivity contribution >= 4 is 11.6 Å². The van der Waals surface area contributed by atoms with Gasteiger partial charge in [-0.2, -0.15) is 0 Å². The third kappa shape index (κ3) is 3.47. The maximum absolute atomic E-state index is 12.0. The van der Waals surface area contributed by atoms with E-state index in [9.17, 15) is 4.79 Å². The molecular weight excluding hydrogens is 228 g/mol. The number of carbonyl (C=O) groups excluding carboxylic acids is 1. The first-order valence-corrected chi connectivity index (χ1v) is 6.34. The van der Waals surface area contributed by atoms with Crippen LogP contribution in [-0.2, 0) is 4.79 Å². The van der Waals surface area contributed by atoms with Crippen molar-refractivity contribution in [2.75, 3.05) is 25.6 Å². The Morgan fingerprint density at radius 3 is 2.94 bits per heavy atom. The third-order valence-electron chi connectivity index (χ3n) is 3.16. The van der Waals surface area contributed by atoms with Gasteiger partial charge < -0.3 is 15.0 Å². The summed E-state index contributed by atoms with van der Waals surface area (Å²) in [6.45, 7) is 0.762. The molecule has 98 valence electrons. The van der Waals surface area contributed by atoms with E-state index in [1.165, 1.54) is 12.8 Å². The molecule has 0 atom stereocenters. The number of carbonyl (C=O) groups is 1. The van der Waals surface area contributed by atoms with Gasteiger partial charge in [0.25, 0.3) is 0 Å². The summed E-state index contributed by atoms with van der Waals surface area (Å²) in [7, 11) is 3.43. The molecule has 1 fully saturated rings. The van der Waals surface area contributed by atoms with E-state index in [1.54, 1.807) is 19.1 Å². The molecule has 1 saturated carbocycles. The van der Waals surface area contributed by atoms with Crippen molar-refractivity contribution in [1.29, 1.82) is 0 Å². The summed E-state index contributed by atoms with van der Waals surface area (Å²) < 4.78 is 5.16. The van der Waals surface area contributed by atoms with Crippen LogP contribution in [-0.4, -0.2) is 32.7 Å². The van der Waals surface area contributed by atoms with Crippen LogP contribution in [0.25, 0.3) is 0 Å². The largest absolute Gasteiger partial charge is 0.497 e. The van der Waals surface area contributed by atoms with E-state index in [2.05, 4.69) is 5.32 Å². The van der Waals surface area contributed by atoms with Gasteiger partial charge in [0, 0.05) is 37.8 Å². The zero-order valence-corrected chi connectivity index (χ0v) is 11.0. The third-order valence-corrected chi connectivity index (χ3v) is 3.16. The van der Waals surface area contributed by atoms with Gasteiger partial charge in [0.1, 0.15) is 5.75 Å². The first-order chi connectivity index (χ1) is 8.70. The van der Waals surface area contributed by atoms with Gasteiger partial charge in [-0.25, -0.2) is 0 Å². The highest BCUT2D eigenvalue weighted by atomic mass is 16.5. The van der Waals surface area contributed by atoms with Crippen molar-refractivity contribution in [1.82, 2.24) is 5.32 Å². The van der Waals surface area contributed by atoms with Gasteiger partial charge >= 0.3 is 0 Å². The summed E-state index contributed by atoms with van der Waals surface area (Å²) >= 11 is 0.